The predicted molar refractivity (Wildman–Crippen MR) is 113 cm³/mol. The second kappa shape index (κ2) is 9.05. The number of amidine groups is 1. The molecular weight excluding hydrogens is 344 g/mol. The first kappa shape index (κ1) is 18.7. The molecule has 0 bridgehead atoms. The summed E-state index contributed by atoms with van der Waals surface area (Å²) in [5, 5.41) is 4.02. The lowest BCUT2D eigenvalue weighted by atomic mass is 9.98. The number of ether oxygens (including phenoxy) is 1. The Kier molecular flexibility index (Phi) is 6.52. The quantitative estimate of drug-likeness (QED) is 0.565. The molecule has 1 N–H and O–H groups in total. The minimum atomic E-state index is 0.343. The smallest absolute Gasteiger partial charge is 0.183 e. The van der Waals surface area contributed by atoms with E-state index in [0.717, 1.165) is 39.3 Å². The lowest BCUT2D eigenvalue weighted by Crippen LogP contribution is -2.20. The molecule has 26 heavy (non-hydrogen) atoms. The van der Waals surface area contributed by atoms with Crippen LogP contribution in [-0.2, 0) is 4.74 Å². The zero-order valence-electron chi connectivity index (χ0n) is 15.5. The van der Waals surface area contributed by atoms with Crippen LogP contribution in [-0.4, -0.2) is 37.3 Å². The third-order valence-electron chi connectivity index (χ3n) is 4.65. The molecular formula is C20H26N4OS. The number of fused-ring (bicyclic) bond motifs is 1. The normalized spacial score (nSPS) is 16.8. The first-order valence-corrected chi connectivity index (χ1v) is 9.91. The maximum Gasteiger partial charge on any atom is 0.183 e. The van der Waals surface area contributed by atoms with Gasteiger partial charge in [-0.2, -0.15) is 0 Å². The number of anilines is 1. The van der Waals surface area contributed by atoms with Crippen molar-refractivity contribution in [2.75, 3.05) is 19.0 Å². The van der Waals surface area contributed by atoms with E-state index < -0.39 is 0 Å². The Labute approximate surface area is 158 Å². The maximum atomic E-state index is 5.94. The maximum absolute atomic E-state index is 5.94. The fourth-order valence-corrected chi connectivity index (χ4v) is 3.93. The van der Waals surface area contributed by atoms with Gasteiger partial charge >= 0.3 is 0 Å². The second-order valence-corrected chi connectivity index (χ2v) is 7.57. The van der Waals surface area contributed by atoms with Crippen LogP contribution in [0.3, 0.4) is 0 Å². The van der Waals surface area contributed by atoms with E-state index in [4.69, 9.17) is 4.74 Å². The number of rotatable bonds is 6. The Morgan fingerprint density at radius 3 is 2.92 bits per heavy atom. The molecule has 138 valence electrons. The van der Waals surface area contributed by atoms with E-state index in [1.165, 1.54) is 19.3 Å². The molecule has 1 fully saturated rings. The zero-order valence-corrected chi connectivity index (χ0v) is 16.3. The van der Waals surface area contributed by atoms with Crippen molar-refractivity contribution in [3.63, 3.8) is 0 Å². The lowest BCUT2D eigenvalue weighted by Gasteiger charge is -2.21. The molecule has 6 heteroatoms. The molecule has 0 radical (unpaired) electrons. The Balaban J connectivity index is 1.68. The highest BCUT2D eigenvalue weighted by Crippen LogP contribution is 2.28. The Hall–Kier alpha value is -2.05. The summed E-state index contributed by atoms with van der Waals surface area (Å²) in [6, 6.07) is 6.26. The molecule has 1 aromatic carbocycles. The SMILES string of the molecule is C=N/C(COC1CCCCC1)=N\C=C(/C)c1ccc2nc(NC)sc2c1. The van der Waals surface area contributed by atoms with Gasteiger partial charge in [0, 0.05) is 13.2 Å². The predicted octanol–water partition coefficient (Wildman–Crippen LogP) is 5.15. The second-order valence-electron chi connectivity index (χ2n) is 6.54. The van der Waals surface area contributed by atoms with Crippen LogP contribution >= 0.6 is 11.3 Å². The van der Waals surface area contributed by atoms with Gasteiger partial charge in [-0.3, -0.25) is 0 Å². The zero-order chi connectivity index (χ0) is 18.4. The van der Waals surface area contributed by atoms with Gasteiger partial charge in [-0.25, -0.2) is 15.0 Å². The first-order chi connectivity index (χ1) is 12.7. The summed E-state index contributed by atoms with van der Waals surface area (Å²) < 4.78 is 7.10. The molecule has 0 unspecified atom stereocenters. The standard InChI is InChI=1S/C20H26N4OS/c1-14(15-9-10-17-18(11-15)26-20(22-3)24-17)12-23-19(21-2)13-25-16-7-5-4-6-8-16/h9-12,16H,2,4-8,13H2,1,3H3,(H,22,24)/b14-12+,23-19-. The first-order valence-electron chi connectivity index (χ1n) is 9.10. The van der Waals surface area contributed by atoms with Crippen molar-refractivity contribution in [2.24, 2.45) is 9.98 Å². The molecule has 0 amide bonds. The number of thiazole rings is 1. The van der Waals surface area contributed by atoms with Gasteiger partial charge in [-0.05, 0) is 49.8 Å². The highest BCUT2D eigenvalue weighted by molar-refractivity contribution is 7.22. The summed E-state index contributed by atoms with van der Waals surface area (Å²) in [4.78, 5) is 13.0. The number of hydrogen-bond acceptors (Lipinski definition) is 5. The number of nitrogens with zero attached hydrogens (tertiary/aromatic N) is 3. The molecule has 0 aliphatic heterocycles. The van der Waals surface area contributed by atoms with E-state index in [1.54, 1.807) is 11.3 Å². The average molecular weight is 371 g/mol. The molecule has 5 nitrogen and oxygen atoms in total. The van der Waals surface area contributed by atoms with Crippen molar-refractivity contribution in [1.82, 2.24) is 4.98 Å². The Morgan fingerprint density at radius 1 is 1.38 bits per heavy atom. The van der Waals surface area contributed by atoms with Gasteiger partial charge in [-0.15, -0.1) is 0 Å². The van der Waals surface area contributed by atoms with Gasteiger partial charge in [-0.1, -0.05) is 36.7 Å². The summed E-state index contributed by atoms with van der Waals surface area (Å²) in [6.07, 6.45) is 8.31. The molecule has 1 saturated carbocycles. The van der Waals surface area contributed by atoms with Crippen molar-refractivity contribution in [1.29, 1.82) is 0 Å². The number of hydrogen-bond donors (Lipinski definition) is 1. The minimum Gasteiger partial charge on any atom is -0.370 e. The Bertz CT molecular complexity index is 818. The molecule has 2 aromatic rings. The van der Waals surface area contributed by atoms with Crippen LogP contribution in [0, 0.1) is 0 Å². The highest BCUT2D eigenvalue weighted by Gasteiger charge is 2.14. The van der Waals surface area contributed by atoms with Crippen molar-refractivity contribution in [2.45, 2.75) is 45.1 Å². The van der Waals surface area contributed by atoms with Crippen molar-refractivity contribution >= 4 is 44.8 Å². The molecule has 1 aliphatic carbocycles. The largest absolute Gasteiger partial charge is 0.370 e. The highest BCUT2D eigenvalue weighted by atomic mass is 32.1. The summed E-state index contributed by atoms with van der Waals surface area (Å²) in [6.45, 7) is 6.10. The van der Waals surface area contributed by atoms with E-state index in [9.17, 15) is 0 Å². The van der Waals surface area contributed by atoms with Crippen LogP contribution in [0.15, 0.2) is 34.4 Å². The number of aromatic nitrogens is 1. The van der Waals surface area contributed by atoms with Gasteiger partial charge in [0.25, 0.3) is 0 Å². The summed E-state index contributed by atoms with van der Waals surface area (Å²) in [5.41, 5.74) is 3.21. The summed E-state index contributed by atoms with van der Waals surface area (Å²) >= 11 is 1.65. The van der Waals surface area contributed by atoms with E-state index >= 15 is 0 Å². The third-order valence-corrected chi connectivity index (χ3v) is 5.68. The average Bonchev–Trinajstić information content (AvgIpc) is 3.11. The number of benzene rings is 1. The van der Waals surface area contributed by atoms with Gasteiger partial charge in [0.15, 0.2) is 11.0 Å². The van der Waals surface area contributed by atoms with E-state index in [0.29, 0.717) is 18.5 Å². The van der Waals surface area contributed by atoms with Crippen LogP contribution in [0.5, 0.6) is 0 Å². The summed E-state index contributed by atoms with van der Waals surface area (Å²) in [7, 11) is 1.89. The van der Waals surface area contributed by atoms with E-state index in [1.807, 2.05) is 26.2 Å². The van der Waals surface area contributed by atoms with Crippen LogP contribution in [0.1, 0.15) is 44.6 Å². The molecule has 0 spiro atoms. The minimum absolute atomic E-state index is 0.343. The van der Waals surface area contributed by atoms with E-state index in [2.05, 4.69) is 39.1 Å². The molecule has 1 aliphatic rings. The monoisotopic (exact) mass is 370 g/mol. The lowest BCUT2D eigenvalue weighted by molar-refractivity contribution is 0.0526. The number of nitrogens with one attached hydrogen (secondary N) is 1. The molecule has 1 heterocycles. The van der Waals surface area contributed by atoms with Crippen LogP contribution in [0.25, 0.3) is 15.8 Å². The topological polar surface area (TPSA) is 58.9 Å². The van der Waals surface area contributed by atoms with Crippen molar-refractivity contribution < 1.29 is 4.74 Å². The third kappa shape index (κ3) is 4.77. The summed E-state index contributed by atoms with van der Waals surface area (Å²) in [5.74, 6) is 0.631. The Morgan fingerprint density at radius 2 is 2.19 bits per heavy atom. The van der Waals surface area contributed by atoms with Crippen molar-refractivity contribution in [3.05, 3.63) is 30.0 Å². The fourth-order valence-electron chi connectivity index (χ4n) is 3.07. The van der Waals surface area contributed by atoms with Gasteiger partial charge in [0.2, 0.25) is 0 Å². The van der Waals surface area contributed by atoms with Crippen molar-refractivity contribution in [3.8, 4) is 0 Å². The van der Waals surface area contributed by atoms with Gasteiger partial charge < -0.3 is 10.1 Å². The van der Waals surface area contributed by atoms with Crippen LogP contribution in [0.4, 0.5) is 5.13 Å². The number of aliphatic imine (C=N–C) groups is 2. The van der Waals surface area contributed by atoms with Gasteiger partial charge in [0.1, 0.15) is 6.61 Å². The van der Waals surface area contributed by atoms with E-state index in [-0.39, 0.29) is 0 Å². The van der Waals surface area contributed by atoms with Crippen LogP contribution < -0.4 is 5.32 Å². The van der Waals surface area contributed by atoms with Crippen LogP contribution in [0.2, 0.25) is 0 Å². The fraction of sp³-hybridized carbons (Fsp3) is 0.450. The molecule has 1 aromatic heterocycles. The molecule has 0 atom stereocenters. The number of allylic oxidation sites excluding steroid dienone is 1. The molecule has 3 rings (SSSR count). The molecule has 0 saturated heterocycles. The van der Waals surface area contributed by atoms with Gasteiger partial charge in [0.05, 0.1) is 16.3 Å².